The summed E-state index contributed by atoms with van der Waals surface area (Å²) >= 11 is 0. The highest BCUT2D eigenvalue weighted by Gasteiger charge is 2.34. The van der Waals surface area contributed by atoms with Gasteiger partial charge in [0.15, 0.2) is 5.78 Å². The second-order valence-corrected chi connectivity index (χ2v) is 6.61. The highest BCUT2D eigenvalue weighted by Crippen LogP contribution is 2.17. The second-order valence-electron chi connectivity index (χ2n) is 6.61. The Morgan fingerprint density at radius 3 is 2.81 bits per heavy atom. The minimum Gasteiger partial charge on any atom is -0.469 e. The summed E-state index contributed by atoms with van der Waals surface area (Å²) in [5.41, 5.74) is 0. The average Bonchev–Trinajstić information content (AvgIpc) is 3.10. The molecule has 0 aliphatic carbocycles. The Morgan fingerprint density at radius 1 is 1.38 bits per heavy atom. The van der Waals surface area contributed by atoms with E-state index in [-0.39, 0.29) is 24.7 Å². The molecule has 2 unspecified atom stereocenters. The Hall–Kier alpha value is -2.64. The van der Waals surface area contributed by atoms with Gasteiger partial charge in [0, 0.05) is 25.3 Å². The molecule has 2 atom stereocenters. The molecule has 1 fully saturated rings. The van der Waals surface area contributed by atoms with Crippen LogP contribution in [0.4, 0.5) is 4.79 Å². The van der Waals surface area contributed by atoms with E-state index in [1.807, 2.05) is 0 Å². The molecule has 1 aromatic rings. The van der Waals surface area contributed by atoms with Gasteiger partial charge >= 0.3 is 6.09 Å². The zero-order chi connectivity index (χ0) is 19.1. The van der Waals surface area contributed by atoms with E-state index >= 15 is 0 Å². The van der Waals surface area contributed by atoms with Crippen LogP contribution in [0.2, 0.25) is 0 Å². The van der Waals surface area contributed by atoms with E-state index in [1.165, 1.54) is 6.26 Å². The summed E-state index contributed by atoms with van der Waals surface area (Å²) in [6.45, 7) is 4.08. The fourth-order valence-corrected chi connectivity index (χ4v) is 2.81. The quantitative estimate of drug-likeness (QED) is 0.671. The lowest BCUT2D eigenvalue weighted by atomic mass is 9.87. The number of amides is 2. The Kier molecular flexibility index (Phi) is 6.94. The van der Waals surface area contributed by atoms with Gasteiger partial charge in [0.2, 0.25) is 5.78 Å². The van der Waals surface area contributed by atoms with Crippen molar-refractivity contribution in [3.63, 3.8) is 0 Å². The van der Waals surface area contributed by atoms with Crippen LogP contribution in [0.1, 0.15) is 32.4 Å². The van der Waals surface area contributed by atoms with E-state index in [2.05, 4.69) is 10.6 Å². The molecule has 2 heterocycles. The van der Waals surface area contributed by atoms with Gasteiger partial charge in [-0.1, -0.05) is 13.8 Å². The van der Waals surface area contributed by atoms with Crippen molar-refractivity contribution in [2.45, 2.75) is 39.2 Å². The minimum atomic E-state index is -0.774. The molecular formula is C18H24N2O6. The molecule has 8 heteroatoms. The molecule has 1 saturated heterocycles. The van der Waals surface area contributed by atoms with Crippen molar-refractivity contribution in [2.24, 2.45) is 11.8 Å². The first-order chi connectivity index (χ1) is 12.4. The van der Waals surface area contributed by atoms with Gasteiger partial charge < -0.3 is 19.8 Å². The van der Waals surface area contributed by atoms with Crippen molar-refractivity contribution in [1.29, 1.82) is 0 Å². The van der Waals surface area contributed by atoms with E-state index in [0.717, 1.165) is 0 Å². The van der Waals surface area contributed by atoms with Gasteiger partial charge in [-0.25, -0.2) is 4.79 Å². The van der Waals surface area contributed by atoms with Crippen LogP contribution in [0, 0.1) is 11.8 Å². The molecule has 0 bridgehead atoms. The summed E-state index contributed by atoms with van der Waals surface area (Å²) in [6.07, 6.45) is 1.63. The number of carbonyl (C=O) groups excluding carboxylic acids is 4. The van der Waals surface area contributed by atoms with Gasteiger partial charge in [-0.3, -0.25) is 14.4 Å². The number of nitrogens with one attached hydrogen (secondary N) is 2. The zero-order valence-corrected chi connectivity index (χ0v) is 14.9. The van der Waals surface area contributed by atoms with Gasteiger partial charge in [-0.2, -0.15) is 0 Å². The van der Waals surface area contributed by atoms with Gasteiger partial charge in [0.25, 0.3) is 5.91 Å². The summed E-state index contributed by atoms with van der Waals surface area (Å²) < 4.78 is 10.2. The van der Waals surface area contributed by atoms with Gasteiger partial charge in [-0.05, 0) is 24.5 Å². The number of piperidine rings is 1. The summed E-state index contributed by atoms with van der Waals surface area (Å²) in [4.78, 5) is 47.7. The highest BCUT2D eigenvalue weighted by atomic mass is 16.5. The maximum Gasteiger partial charge on any atom is 0.407 e. The summed E-state index contributed by atoms with van der Waals surface area (Å²) in [6, 6.07) is 2.75. The number of rotatable bonds is 8. The molecule has 26 heavy (non-hydrogen) atoms. The molecule has 1 aliphatic rings. The molecular weight excluding hydrogens is 340 g/mol. The third-order valence-corrected chi connectivity index (χ3v) is 4.27. The summed E-state index contributed by atoms with van der Waals surface area (Å²) in [5.74, 6) is -1.62. The number of furan rings is 1. The number of ketones is 2. The maximum atomic E-state index is 12.5. The largest absolute Gasteiger partial charge is 0.469 e. The normalized spacial score (nSPS) is 18.3. The van der Waals surface area contributed by atoms with Crippen molar-refractivity contribution < 1.29 is 28.3 Å². The van der Waals surface area contributed by atoms with Crippen molar-refractivity contribution in [2.75, 3.05) is 13.2 Å². The standard InChI is InChI=1S/C18H24N2O6/c1-11(2)15(14(21)10-12-5-7-19-17(23)16(12)22)20-18(24)26-9-6-13-4-3-8-25-13/h3-4,8,11-12,15H,5-7,9-10H2,1-2H3,(H,19,23)(H,20,24). The van der Waals surface area contributed by atoms with Gasteiger partial charge in [-0.15, -0.1) is 0 Å². The van der Waals surface area contributed by atoms with E-state index in [9.17, 15) is 19.2 Å². The van der Waals surface area contributed by atoms with Crippen LogP contribution in [0.3, 0.4) is 0 Å². The highest BCUT2D eigenvalue weighted by molar-refractivity contribution is 6.37. The summed E-state index contributed by atoms with van der Waals surface area (Å²) in [7, 11) is 0. The fourth-order valence-electron chi connectivity index (χ4n) is 2.81. The van der Waals surface area contributed by atoms with Crippen LogP contribution >= 0.6 is 0 Å². The molecule has 2 N–H and O–H groups in total. The Balaban J connectivity index is 1.84. The van der Waals surface area contributed by atoms with Gasteiger partial charge in [0.05, 0.1) is 12.3 Å². The number of alkyl carbamates (subject to hydrolysis) is 1. The molecule has 0 aromatic carbocycles. The predicted octanol–water partition coefficient (Wildman–Crippen LogP) is 1.24. The molecule has 1 aliphatic heterocycles. The van der Waals surface area contributed by atoms with Crippen molar-refractivity contribution in [3.05, 3.63) is 24.2 Å². The van der Waals surface area contributed by atoms with Crippen LogP contribution in [0.5, 0.6) is 0 Å². The van der Waals surface area contributed by atoms with Crippen molar-refractivity contribution >= 4 is 23.6 Å². The van der Waals surface area contributed by atoms with Crippen LogP contribution in [0.25, 0.3) is 0 Å². The van der Waals surface area contributed by atoms with Crippen molar-refractivity contribution in [1.82, 2.24) is 10.6 Å². The van der Waals surface area contributed by atoms with E-state index in [4.69, 9.17) is 9.15 Å². The average molecular weight is 364 g/mol. The summed E-state index contributed by atoms with van der Waals surface area (Å²) in [5, 5.41) is 5.02. The lowest BCUT2D eigenvalue weighted by molar-refractivity contribution is -0.143. The minimum absolute atomic E-state index is 0.0677. The fraction of sp³-hybridized carbons (Fsp3) is 0.556. The predicted molar refractivity (Wildman–Crippen MR) is 91.3 cm³/mol. The molecule has 0 radical (unpaired) electrons. The third kappa shape index (κ3) is 5.44. The smallest absolute Gasteiger partial charge is 0.407 e. The molecule has 2 rings (SSSR count). The Morgan fingerprint density at radius 2 is 2.15 bits per heavy atom. The number of carbonyl (C=O) groups is 4. The molecule has 1 aromatic heterocycles. The molecule has 8 nitrogen and oxygen atoms in total. The van der Waals surface area contributed by atoms with E-state index in [1.54, 1.807) is 26.0 Å². The van der Waals surface area contributed by atoms with Crippen molar-refractivity contribution in [3.8, 4) is 0 Å². The molecule has 0 saturated carbocycles. The third-order valence-electron chi connectivity index (χ3n) is 4.27. The van der Waals surface area contributed by atoms with E-state index < -0.39 is 29.7 Å². The Bertz CT molecular complexity index is 653. The maximum absolute atomic E-state index is 12.5. The van der Waals surface area contributed by atoms with Crippen LogP contribution < -0.4 is 10.6 Å². The number of Topliss-reactive ketones (excluding diaryl/α,β-unsaturated/α-hetero) is 2. The van der Waals surface area contributed by atoms with Crippen LogP contribution in [-0.2, 0) is 25.5 Å². The topological polar surface area (TPSA) is 115 Å². The number of ether oxygens (including phenoxy) is 1. The lowest BCUT2D eigenvalue weighted by Crippen LogP contribution is -2.48. The monoisotopic (exact) mass is 364 g/mol. The zero-order valence-electron chi connectivity index (χ0n) is 14.9. The number of hydrogen-bond donors (Lipinski definition) is 2. The van der Waals surface area contributed by atoms with Crippen LogP contribution in [0.15, 0.2) is 22.8 Å². The lowest BCUT2D eigenvalue weighted by Gasteiger charge is -2.25. The first kappa shape index (κ1) is 19.7. The first-order valence-electron chi connectivity index (χ1n) is 8.69. The molecule has 2 amide bonds. The second kappa shape index (κ2) is 9.17. The van der Waals surface area contributed by atoms with Crippen LogP contribution in [-0.4, -0.2) is 42.8 Å². The molecule has 142 valence electrons. The first-order valence-corrected chi connectivity index (χ1v) is 8.69. The Labute approximate surface area is 151 Å². The van der Waals surface area contributed by atoms with E-state index in [0.29, 0.717) is 25.1 Å². The SMILES string of the molecule is CC(C)C(NC(=O)OCCc1ccco1)C(=O)CC1CCNC(=O)C1=O. The molecule has 0 spiro atoms. The van der Waals surface area contributed by atoms with Gasteiger partial charge in [0.1, 0.15) is 12.4 Å². The number of hydrogen-bond acceptors (Lipinski definition) is 6.